The van der Waals surface area contributed by atoms with Crippen LogP contribution in [0.1, 0.15) is 5.56 Å². The number of pyridine rings is 1. The molecule has 0 aromatic carbocycles. The first-order valence-corrected chi connectivity index (χ1v) is 6.62. The van der Waals surface area contributed by atoms with Crippen LogP contribution >= 0.6 is 0 Å². The highest BCUT2D eigenvalue weighted by atomic mass is 32.2. The molecule has 0 unspecified atom stereocenters. The molecule has 0 saturated heterocycles. The summed E-state index contributed by atoms with van der Waals surface area (Å²) in [5.74, 6) is 0.235. The van der Waals surface area contributed by atoms with Crippen LogP contribution in [0.2, 0.25) is 0 Å². The summed E-state index contributed by atoms with van der Waals surface area (Å²) in [4.78, 5) is 3.91. The maximum Gasteiger partial charge on any atom is 0.268 e. The van der Waals surface area contributed by atoms with E-state index in [9.17, 15) is 8.42 Å². The van der Waals surface area contributed by atoms with Crippen LogP contribution in [0.5, 0.6) is 0 Å². The van der Waals surface area contributed by atoms with E-state index in [1.807, 2.05) is 0 Å². The number of rotatable bonds is 3. The van der Waals surface area contributed by atoms with Crippen molar-refractivity contribution in [3.05, 3.63) is 30.1 Å². The number of aryl methyl sites for hydroxylation is 2. The molecule has 3 N–H and O–H groups in total. The molecule has 7 nitrogen and oxygen atoms in total. The Balaban J connectivity index is 2.40. The van der Waals surface area contributed by atoms with Gasteiger partial charge < -0.3 is 5.73 Å². The standard InChI is InChI=1S/C10H13N5O2S/c1-7-4-3-5-12-10(7)14-18(16,17)8-6-15(2)13-9(8)11/h3-6H,1-2H3,(H2,11,13)(H,12,14). The van der Waals surface area contributed by atoms with Gasteiger partial charge in [0.05, 0.1) is 0 Å². The Bertz CT molecular complexity index is 677. The summed E-state index contributed by atoms with van der Waals surface area (Å²) >= 11 is 0. The van der Waals surface area contributed by atoms with Gasteiger partial charge in [0, 0.05) is 19.4 Å². The summed E-state index contributed by atoms with van der Waals surface area (Å²) in [6.45, 7) is 1.76. The predicted molar refractivity (Wildman–Crippen MR) is 67.4 cm³/mol. The number of sulfonamides is 1. The first-order chi connectivity index (χ1) is 8.40. The van der Waals surface area contributed by atoms with Gasteiger partial charge in [-0.25, -0.2) is 13.4 Å². The lowest BCUT2D eigenvalue weighted by atomic mass is 10.3. The second-order valence-corrected chi connectivity index (χ2v) is 5.48. The minimum absolute atomic E-state index is 0.0430. The molecule has 0 fully saturated rings. The number of hydrogen-bond donors (Lipinski definition) is 2. The average molecular weight is 267 g/mol. The van der Waals surface area contributed by atoms with E-state index >= 15 is 0 Å². The van der Waals surface area contributed by atoms with Gasteiger partial charge >= 0.3 is 0 Å². The van der Waals surface area contributed by atoms with Gasteiger partial charge in [0.15, 0.2) is 5.82 Å². The highest BCUT2D eigenvalue weighted by Crippen LogP contribution is 2.20. The Labute approximate surface area is 105 Å². The molecular weight excluding hydrogens is 254 g/mol. The van der Waals surface area contributed by atoms with Crippen molar-refractivity contribution < 1.29 is 8.42 Å². The Kier molecular flexibility index (Phi) is 2.95. The summed E-state index contributed by atoms with van der Waals surface area (Å²) < 4.78 is 27.9. The lowest BCUT2D eigenvalue weighted by Crippen LogP contribution is -2.15. The maximum atomic E-state index is 12.1. The number of anilines is 2. The van der Waals surface area contributed by atoms with Gasteiger partial charge in [0.2, 0.25) is 0 Å². The van der Waals surface area contributed by atoms with E-state index in [-0.39, 0.29) is 16.5 Å². The number of hydrogen-bond acceptors (Lipinski definition) is 5. The largest absolute Gasteiger partial charge is 0.381 e. The Hall–Kier alpha value is -2.09. The van der Waals surface area contributed by atoms with Crippen molar-refractivity contribution in [2.24, 2.45) is 7.05 Å². The monoisotopic (exact) mass is 267 g/mol. The van der Waals surface area contributed by atoms with E-state index in [0.717, 1.165) is 5.56 Å². The Morgan fingerprint density at radius 2 is 2.17 bits per heavy atom. The van der Waals surface area contributed by atoms with Gasteiger partial charge in [-0.15, -0.1) is 0 Å². The molecular formula is C10H13N5O2S. The molecule has 2 aromatic heterocycles. The zero-order chi connectivity index (χ0) is 13.3. The zero-order valence-corrected chi connectivity index (χ0v) is 10.8. The highest BCUT2D eigenvalue weighted by molar-refractivity contribution is 7.92. The lowest BCUT2D eigenvalue weighted by Gasteiger charge is -2.07. The molecule has 0 aliphatic rings. The molecule has 0 atom stereocenters. The fourth-order valence-corrected chi connectivity index (χ4v) is 2.65. The molecule has 0 spiro atoms. The van der Waals surface area contributed by atoms with Crippen LogP contribution in [0, 0.1) is 6.92 Å². The van der Waals surface area contributed by atoms with E-state index in [1.54, 1.807) is 26.1 Å². The first-order valence-electron chi connectivity index (χ1n) is 5.14. The molecule has 0 bridgehead atoms. The van der Waals surface area contributed by atoms with Crippen LogP contribution < -0.4 is 10.5 Å². The first kappa shape index (κ1) is 12.4. The predicted octanol–water partition coefficient (Wildman–Crippen LogP) is 0.507. The third-order valence-electron chi connectivity index (χ3n) is 2.35. The molecule has 0 aliphatic carbocycles. The summed E-state index contributed by atoms with van der Waals surface area (Å²) in [5, 5.41) is 3.80. The number of nitrogens with one attached hydrogen (secondary N) is 1. The maximum absolute atomic E-state index is 12.1. The number of nitrogen functional groups attached to an aromatic ring is 1. The zero-order valence-electron chi connectivity index (χ0n) is 9.95. The van der Waals surface area contributed by atoms with Crippen LogP contribution in [0.3, 0.4) is 0 Å². The van der Waals surface area contributed by atoms with Gasteiger partial charge in [-0.3, -0.25) is 9.40 Å². The SMILES string of the molecule is Cc1cccnc1NS(=O)(=O)c1cn(C)nc1N. The molecule has 2 aromatic rings. The van der Waals surface area contributed by atoms with Crippen molar-refractivity contribution in [2.45, 2.75) is 11.8 Å². The molecule has 18 heavy (non-hydrogen) atoms. The van der Waals surface area contributed by atoms with Crippen molar-refractivity contribution in [2.75, 3.05) is 10.5 Å². The van der Waals surface area contributed by atoms with Crippen LogP contribution in [0.25, 0.3) is 0 Å². The number of nitrogens with two attached hydrogens (primary N) is 1. The molecule has 2 rings (SSSR count). The quantitative estimate of drug-likeness (QED) is 0.843. The van der Waals surface area contributed by atoms with Crippen LogP contribution in [0.4, 0.5) is 11.6 Å². The number of nitrogens with zero attached hydrogens (tertiary/aromatic N) is 3. The van der Waals surface area contributed by atoms with Crippen LogP contribution in [-0.2, 0) is 17.1 Å². The summed E-state index contributed by atoms with van der Waals surface area (Å²) in [7, 11) is -2.17. The molecule has 96 valence electrons. The van der Waals surface area contributed by atoms with E-state index in [4.69, 9.17) is 5.73 Å². The van der Waals surface area contributed by atoms with Crippen molar-refractivity contribution in [3.8, 4) is 0 Å². The molecule has 2 heterocycles. The minimum Gasteiger partial charge on any atom is -0.381 e. The fraction of sp³-hybridized carbons (Fsp3) is 0.200. The van der Waals surface area contributed by atoms with E-state index in [2.05, 4.69) is 14.8 Å². The molecule has 0 radical (unpaired) electrons. The second-order valence-electron chi connectivity index (χ2n) is 3.83. The molecule has 0 aliphatic heterocycles. The summed E-state index contributed by atoms with van der Waals surface area (Å²) in [5.41, 5.74) is 6.27. The smallest absolute Gasteiger partial charge is 0.268 e. The van der Waals surface area contributed by atoms with Crippen molar-refractivity contribution >= 4 is 21.7 Å². The average Bonchev–Trinajstić information content (AvgIpc) is 2.62. The van der Waals surface area contributed by atoms with Crippen LogP contribution in [-0.4, -0.2) is 23.2 Å². The molecule has 0 saturated carbocycles. The van der Waals surface area contributed by atoms with Crippen molar-refractivity contribution in [1.29, 1.82) is 0 Å². The normalized spacial score (nSPS) is 11.4. The Morgan fingerprint density at radius 3 is 2.72 bits per heavy atom. The van der Waals surface area contributed by atoms with E-state index in [1.165, 1.54) is 17.1 Å². The third-order valence-corrected chi connectivity index (χ3v) is 3.71. The van der Waals surface area contributed by atoms with E-state index < -0.39 is 10.0 Å². The number of aromatic nitrogens is 3. The van der Waals surface area contributed by atoms with Gasteiger partial charge in [-0.05, 0) is 18.6 Å². The van der Waals surface area contributed by atoms with Gasteiger partial charge in [-0.1, -0.05) is 6.07 Å². The molecule has 0 amide bonds. The summed E-state index contributed by atoms with van der Waals surface area (Å²) in [6.07, 6.45) is 2.85. The summed E-state index contributed by atoms with van der Waals surface area (Å²) in [6, 6.07) is 3.49. The van der Waals surface area contributed by atoms with Crippen molar-refractivity contribution in [1.82, 2.24) is 14.8 Å². The molecule has 8 heteroatoms. The van der Waals surface area contributed by atoms with Gasteiger partial charge in [0.25, 0.3) is 10.0 Å². The van der Waals surface area contributed by atoms with E-state index in [0.29, 0.717) is 0 Å². The third kappa shape index (κ3) is 2.28. The Morgan fingerprint density at radius 1 is 1.44 bits per heavy atom. The van der Waals surface area contributed by atoms with Gasteiger partial charge in [0.1, 0.15) is 10.7 Å². The second kappa shape index (κ2) is 4.30. The van der Waals surface area contributed by atoms with Crippen molar-refractivity contribution in [3.63, 3.8) is 0 Å². The fourth-order valence-electron chi connectivity index (χ4n) is 1.47. The van der Waals surface area contributed by atoms with Crippen LogP contribution in [0.15, 0.2) is 29.4 Å². The highest BCUT2D eigenvalue weighted by Gasteiger charge is 2.21. The lowest BCUT2D eigenvalue weighted by molar-refractivity contribution is 0.601. The topological polar surface area (TPSA) is 103 Å². The minimum atomic E-state index is -3.77. The van der Waals surface area contributed by atoms with Gasteiger partial charge in [-0.2, -0.15) is 5.10 Å².